The highest BCUT2D eigenvalue weighted by atomic mass is 16.6. The lowest BCUT2D eigenvalue weighted by atomic mass is 9.94. The molecule has 0 aromatic heterocycles. The Morgan fingerprint density at radius 3 is 1.41 bits per heavy atom. The van der Waals surface area contributed by atoms with Crippen LogP contribution in [0.2, 0.25) is 0 Å². The van der Waals surface area contributed by atoms with Crippen molar-refractivity contribution in [3.63, 3.8) is 0 Å². The smallest absolute Gasteiger partial charge is 0.311 e. The second-order valence-electron chi connectivity index (χ2n) is 22.1. The molecular weight excluding hydrogens is 1140 g/mol. The minimum absolute atomic E-state index is 0.00222. The maximum Gasteiger partial charge on any atom is 0.311 e. The molecule has 0 aliphatic carbocycles. The van der Waals surface area contributed by atoms with E-state index in [9.17, 15) is 67.1 Å². The molecule has 86 heavy (non-hydrogen) atoms. The highest BCUT2D eigenvalue weighted by Gasteiger charge is 2.37. The number of ketones is 2. The lowest BCUT2D eigenvalue weighted by molar-refractivity contribution is -0.150. The molecule has 3 heterocycles. The van der Waals surface area contributed by atoms with Gasteiger partial charge in [0.1, 0.15) is 29.0 Å². The van der Waals surface area contributed by atoms with E-state index in [1.807, 2.05) is 39.8 Å². The topological polar surface area (TPSA) is 449 Å². The molecule has 6 unspecified atom stereocenters. The highest BCUT2D eigenvalue weighted by Crippen LogP contribution is 2.30. The van der Waals surface area contributed by atoms with Crippen molar-refractivity contribution in [3.05, 3.63) is 23.5 Å². The largest absolute Gasteiger partial charge is 0.481 e. The minimum atomic E-state index is -0.989. The zero-order chi connectivity index (χ0) is 66.4. The summed E-state index contributed by atoms with van der Waals surface area (Å²) in [5.41, 5.74) is 0.296. The first kappa shape index (κ1) is 82.7. The van der Waals surface area contributed by atoms with Gasteiger partial charge < -0.3 is 60.2 Å². The van der Waals surface area contributed by atoms with Gasteiger partial charge in [-0.25, -0.2) is 0 Å². The molecule has 26 heteroatoms. The predicted molar refractivity (Wildman–Crippen MR) is 306 cm³/mol. The molecule has 9 N–H and O–H groups in total. The van der Waals surface area contributed by atoms with E-state index in [-0.39, 0.29) is 131 Å². The van der Waals surface area contributed by atoms with E-state index in [0.29, 0.717) is 101 Å². The average Bonchev–Trinajstić information content (AvgIpc) is 4.22. The van der Waals surface area contributed by atoms with Crippen molar-refractivity contribution in [1.29, 1.82) is 0 Å². The van der Waals surface area contributed by atoms with E-state index in [1.165, 1.54) is 0 Å². The van der Waals surface area contributed by atoms with Crippen LogP contribution < -0.4 is 0 Å². The van der Waals surface area contributed by atoms with Crippen molar-refractivity contribution in [1.82, 2.24) is 0 Å². The summed E-state index contributed by atoms with van der Waals surface area (Å²) < 4.78 is 15.0. The molecule has 0 spiro atoms. The standard InChI is InChI=1S/C10H14O5.C10H16O5.C10H16O4.C10H14O4.C10H18O4.C10H16O4/c1-10(5-4-9(14)15-10)6-7(11)2-3-8(12)13;1-7(2-4-9(12)13)6-8(11)3-5-10(14)15;2*1-7(2-4-9(11)12)6-8-3-5-10(13)14-8;2*1-8(6-7-10(13)14)4-2-3-5-9(11)12/h2-6H2,1H3,(H,12,13);7H,2-6H2,1H3,(H,12,13)(H,14,15);7-8H,2-6H2,1H3,(H,11,12);6-7H,2-5H2,1H3,(H,11,12);8H,2-7H2,1H3,(H,11,12)(H,13,14);4H,2-3,5-7H2,1H3,(H,11,12)(H,13,14)/b;;;8-6+;;8-4+. The minimum Gasteiger partial charge on any atom is -0.481 e. The van der Waals surface area contributed by atoms with Crippen molar-refractivity contribution in [2.24, 2.45) is 23.7 Å². The Kier molecular flexibility index (Phi) is 46.8. The van der Waals surface area contributed by atoms with Gasteiger partial charge in [0, 0.05) is 89.9 Å². The van der Waals surface area contributed by atoms with Gasteiger partial charge >= 0.3 is 71.6 Å². The number of rotatable bonds is 37. The number of hydrogen-bond acceptors (Lipinski definition) is 17. The van der Waals surface area contributed by atoms with Crippen LogP contribution in [0.5, 0.6) is 0 Å². The van der Waals surface area contributed by atoms with Crippen molar-refractivity contribution < 1.29 is 127 Å². The third-order valence-electron chi connectivity index (χ3n) is 13.1. The van der Waals surface area contributed by atoms with Gasteiger partial charge in [-0.05, 0) is 114 Å². The number of Topliss-reactive ketones (excluding diaryl/α,β-unsaturated/α-hetero) is 2. The van der Waals surface area contributed by atoms with E-state index in [0.717, 1.165) is 31.3 Å². The third-order valence-corrected chi connectivity index (χ3v) is 13.1. The fourth-order valence-electron chi connectivity index (χ4n) is 8.15. The van der Waals surface area contributed by atoms with Gasteiger partial charge in [-0.2, -0.15) is 0 Å². The molecule has 0 amide bonds. The molecule has 6 atom stereocenters. The zero-order valence-corrected chi connectivity index (χ0v) is 50.7. The summed E-state index contributed by atoms with van der Waals surface area (Å²) in [6, 6.07) is 0. The summed E-state index contributed by atoms with van der Waals surface area (Å²) in [7, 11) is 0. The van der Waals surface area contributed by atoms with Gasteiger partial charge in [-0.1, -0.05) is 52.2 Å². The average molecular weight is 1230 g/mol. The third kappa shape index (κ3) is 56.9. The molecule has 0 aromatic rings. The molecule has 0 radical (unpaired) electrons. The lowest BCUT2D eigenvalue weighted by Crippen LogP contribution is -2.27. The van der Waals surface area contributed by atoms with Crippen LogP contribution in [0.3, 0.4) is 0 Å². The van der Waals surface area contributed by atoms with Crippen molar-refractivity contribution in [2.45, 2.75) is 246 Å². The molecule has 490 valence electrons. The monoisotopic (exact) mass is 1230 g/mol. The molecule has 0 saturated carbocycles. The number of carboxylic acid groups (broad SMARTS) is 9. The molecule has 3 rings (SSSR count). The number of esters is 3. The summed E-state index contributed by atoms with van der Waals surface area (Å²) >= 11 is 0. The van der Waals surface area contributed by atoms with E-state index in [1.54, 1.807) is 13.8 Å². The van der Waals surface area contributed by atoms with E-state index < -0.39 is 59.3 Å². The SMILES string of the molecule is C/C(=C\CCCC(=O)O)CCC(=O)O.CC(/C=C1\CCC(=O)O1)CCC(=O)O.CC(CCC(=O)O)CC(=O)CCC(=O)O.CC(CCC(=O)O)CC1CCC(=O)O1.CC(CCCCC(=O)O)CCC(=O)O.CC1(CC(=O)CCC(=O)O)CCC(=O)O1. The van der Waals surface area contributed by atoms with Gasteiger partial charge in [0.2, 0.25) is 0 Å². The van der Waals surface area contributed by atoms with Gasteiger partial charge in [0.25, 0.3) is 0 Å². The van der Waals surface area contributed by atoms with Crippen LogP contribution in [-0.4, -0.2) is 141 Å². The summed E-state index contributed by atoms with van der Waals surface area (Å²) in [5, 5.41) is 75.6. The maximum absolute atomic E-state index is 11.4. The van der Waals surface area contributed by atoms with Gasteiger partial charge in [-0.3, -0.25) is 67.1 Å². The Morgan fingerprint density at radius 1 is 0.488 bits per heavy atom. The predicted octanol–water partition coefficient (Wildman–Crippen LogP) is 9.69. The fraction of sp³-hybridized carbons (Fsp3) is 0.700. The summed E-state index contributed by atoms with van der Waals surface area (Å²) in [5.74, 6) is -6.90. The normalized spacial score (nSPS) is 17.5. The second kappa shape index (κ2) is 48.7. The number of unbranched alkanes of at least 4 members (excludes halogenated alkanes) is 2. The number of hydrogen-bond donors (Lipinski definition) is 9. The summed E-state index contributed by atoms with van der Waals surface area (Å²) in [4.78, 5) is 147. The van der Waals surface area contributed by atoms with Crippen LogP contribution >= 0.6 is 0 Å². The zero-order valence-electron chi connectivity index (χ0n) is 50.7. The Labute approximate surface area is 502 Å². The second-order valence-corrected chi connectivity index (χ2v) is 22.1. The Hall–Kier alpha value is -7.54. The van der Waals surface area contributed by atoms with Crippen molar-refractivity contribution >= 4 is 83.2 Å². The molecule has 0 aromatic carbocycles. The molecule has 3 saturated heterocycles. The summed E-state index contributed by atoms with van der Waals surface area (Å²) in [6.07, 6.45) is 15.8. The Morgan fingerprint density at radius 2 is 0.953 bits per heavy atom. The molecular formula is C60H94O26. The maximum atomic E-state index is 11.4. The lowest BCUT2D eigenvalue weighted by Gasteiger charge is -2.21. The molecule has 3 fully saturated rings. The highest BCUT2D eigenvalue weighted by molar-refractivity contribution is 5.84. The van der Waals surface area contributed by atoms with Gasteiger partial charge in [0.05, 0.1) is 19.3 Å². The van der Waals surface area contributed by atoms with Crippen LogP contribution in [0.25, 0.3) is 0 Å². The fourth-order valence-corrected chi connectivity index (χ4v) is 8.15. The van der Waals surface area contributed by atoms with Gasteiger partial charge in [0.15, 0.2) is 0 Å². The molecule has 0 bridgehead atoms. The summed E-state index contributed by atoms with van der Waals surface area (Å²) in [6.45, 7) is 11.3. The molecule has 3 aliphatic heterocycles. The van der Waals surface area contributed by atoms with E-state index >= 15 is 0 Å². The van der Waals surface area contributed by atoms with Gasteiger partial charge in [-0.15, -0.1) is 0 Å². The first-order valence-corrected chi connectivity index (χ1v) is 29.0. The number of ether oxygens (including phenoxy) is 3. The number of aliphatic carboxylic acids is 9. The van der Waals surface area contributed by atoms with Crippen LogP contribution in [0.4, 0.5) is 0 Å². The Bertz CT molecular complexity index is 2250. The first-order valence-electron chi connectivity index (χ1n) is 29.0. The molecule has 3 aliphatic rings. The number of cyclic esters (lactones) is 3. The van der Waals surface area contributed by atoms with Crippen LogP contribution in [0.1, 0.15) is 234 Å². The van der Waals surface area contributed by atoms with E-state index in [4.69, 9.17) is 60.2 Å². The van der Waals surface area contributed by atoms with Crippen molar-refractivity contribution in [3.8, 4) is 0 Å². The van der Waals surface area contributed by atoms with Crippen molar-refractivity contribution in [2.75, 3.05) is 0 Å². The number of carbonyl (C=O) groups is 14. The van der Waals surface area contributed by atoms with E-state index in [2.05, 4.69) is 0 Å². The number of carboxylic acids is 9. The Balaban J connectivity index is -0.000000962. The molecule has 26 nitrogen and oxygen atoms in total. The van der Waals surface area contributed by atoms with Crippen LogP contribution in [0, 0.1) is 23.7 Å². The number of carbonyl (C=O) groups excluding carboxylic acids is 5. The van der Waals surface area contributed by atoms with Crippen LogP contribution in [-0.2, 0) is 81.3 Å². The quantitative estimate of drug-likeness (QED) is 0.0121. The number of allylic oxidation sites excluding steroid dienone is 4. The first-order chi connectivity index (χ1) is 40.0. The van der Waals surface area contributed by atoms with Crippen LogP contribution in [0.15, 0.2) is 23.5 Å².